The van der Waals surface area contributed by atoms with Gasteiger partial charge in [-0.2, -0.15) is 0 Å². The van der Waals surface area contributed by atoms with Crippen molar-refractivity contribution < 1.29 is 87.2 Å². The zero-order chi connectivity index (χ0) is 89.6. The summed E-state index contributed by atoms with van der Waals surface area (Å²) in [6.45, 7) is 0.779. The number of guanidine groups is 1. The van der Waals surface area contributed by atoms with Crippen LogP contribution in [-0.4, -0.2) is 248 Å². The van der Waals surface area contributed by atoms with E-state index in [-0.39, 0.29) is 89.1 Å². The van der Waals surface area contributed by atoms with Crippen LogP contribution in [0.1, 0.15) is 204 Å². The number of hydrogen-bond acceptors (Lipinski definition) is 21. The molecule has 2 saturated heterocycles. The molecule has 0 radical (unpaired) electrons. The maximum Gasteiger partial charge on any atom is 0.245 e. The molecule has 25 N–H and O–H groups in total. The number of nitrogens with two attached hydrogens (primary N) is 3. The fraction of sp³-hybridized carbons (Fsp3) is 0.607. The Hall–Kier alpha value is -11.5. The van der Waals surface area contributed by atoms with Crippen LogP contribution in [0.3, 0.4) is 0 Å². The zero-order valence-electron chi connectivity index (χ0n) is 70.6. The number of fused-ring (bicyclic) bond motifs is 2. The molecule has 2 fully saturated rings. The van der Waals surface area contributed by atoms with E-state index in [2.05, 4.69) is 91.0 Å². The highest BCUT2D eigenvalue weighted by molar-refractivity contribution is 6.00. The van der Waals surface area contributed by atoms with E-state index in [1.165, 1.54) is 63.9 Å². The van der Waals surface area contributed by atoms with E-state index in [1.54, 1.807) is 49.5 Å². The molecule has 0 spiro atoms. The van der Waals surface area contributed by atoms with Gasteiger partial charge in [-0.1, -0.05) is 152 Å². The summed E-state index contributed by atoms with van der Waals surface area (Å²) in [4.78, 5) is 222. The number of ketones is 1. The predicted octanol–water partition coefficient (Wildman–Crippen LogP) is -1.36. The fourth-order valence-electron chi connectivity index (χ4n) is 14.6. The molecule has 4 heterocycles. The standard InChI is InChI=1S/C84H129N21O18/c1-3-5-7-8-9-10-11-12-13-14-15-16-20-33-71(111)93-47-72(112)95-67(49-106)80(120)99-62(36-37-70(85)110)76(116)102-66(42-54-45-90-51-94-54)79(119)104-68(50-107)81(121)98-60(29-6-4-2)74(114)100-63-35-34-55(108)46-89-38-24-23-31-59(73(86)113)96-78(118)65(41-53-44-92-58-30-22-21-28-57(53)58)101-75(115)61(32-25-39-91-84(87)88)97-77(117)64(40-52-26-18-17-19-27-52)103-82(122)69-43-56(109)48-105(69)83(63)123/h17-19,21-22,26-28,30,44-45,51,56,59-69,89,92,106-107,109H,3-16,20,23-25,29,31-43,46-50H2,1-2H3,(H2,85,110)(H2,86,113)(H,90,94)(H,93,111)(H,95,112)(H,96,118)(H,97,117)(H,98,121)(H,99,120)(H,100,114)(H,101,115)(H,102,116)(H,103,122)(H,104,119)(H4,87,88,91)/t56-,59+,60+,61+,62+,63+,64-,65+,66+,67?,68?,69+/m1/s1. The molecule has 0 aliphatic carbocycles. The molecule has 2 aromatic heterocycles. The predicted molar refractivity (Wildman–Crippen MR) is 455 cm³/mol. The molecule has 2 aromatic carbocycles. The van der Waals surface area contributed by atoms with Gasteiger partial charge in [0, 0.05) is 81.3 Å². The molecule has 39 heteroatoms. The second-order valence-corrected chi connectivity index (χ2v) is 31.5. The summed E-state index contributed by atoms with van der Waals surface area (Å²) in [6, 6.07) is -1.76. The number of benzene rings is 2. The van der Waals surface area contributed by atoms with Crippen LogP contribution >= 0.6 is 0 Å². The van der Waals surface area contributed by atoms with Gasteiger partial charge in [0.15, 0.2) is 5.96 Å². The molecule has 2 unspecified atom stereocenters. The van der Waals surface area contributed by atoms with Crippen molar-refractivity contribution >= 4 is 105 Å². The van der Waals surface area contributed by atoms with Crippen LogP contribution < -0.4 is 86.3 Å². The van der Waals surface area contributed by atoms with E-state index in [0.29, 0.717) is 30.4 Å². The van der Waals surface area contributed by atoms with Gasteiger partial charge in [0.2, 0.25) is 82.7 Å². The lowest BCUT2D eigenvalue weighted by atomic mass is 10.0. The summed E-state index contributed by atoms with van der Waals surface area (Å²) in [7, 11) is 0. The third-order valence-corrected chi connectivity index (χ3v) is 21.5. The first-order valence-corrected chi connectivity index (χ1v) is 43.1. The Bertz CT molecular complexity index is 4090. The van der Waals surface area contributed by atoms with Crippen molar-refractivity contribution in [3.8, 4) is 0 Å². The van der Waals surface area contributed by atoms with Crippen LogP contribution in [-0.2, 0) is 91.2 Å². The summed E-state index contributed by atoms with van der Waals surface area (Å²) in [6.07, 6.45) is 15.9. The number of nitrogens with one attached hydrogen (secondary N) is 16. The van der Waals surface area contributed by atoms with Gasteiger partial charge in [-0.3, -0.25) is 77.3 Å². The number of aromatic amines is 2. The number of aliphatic hydroxyl groups is 3. The van der Waals surface area contributed by atoms with Crippen molar-refractivity contribution in [2.24, 2.45) is 17.2 Å². The van der Waals surface area contributed by atoms with Crippen LogP contribution in [0.5, 0.6) is 0 Å². The van der Waals surface area contributed by atoms with Crippen LogP contribution in [0.25, 0.3) is 10.9 Å². The van der Waals surface area contributed by atoms with Crippen LogP contribution in [0.15, 0.2) is 73.3 Å². The zero-order valence-corrected chi connectivity index (χ0v) is 70.6. The summed E-state index contributed by atoms with van der Waals surface area (Å²) in [5.41, 5.74) is 19.0. The molecule has 14 amide bonds. The third-order valence-electron chi connectivity index (χ3n) is 21.5. The quantitative estimate of drug-likeness (QED) is 0.0138. The number of aromatic nitrogens is 3. The molecule has 0 saturated carbocycles. The Balaban J connectivity index is 1.19. The van der Waals surface area contributed by atoms with Crippen LogP contribution in [0.4, 0.5) is 0 Å². The molecular weight excluding hydrogens is 1590 g/mol. The highest BCUT2D eigenvalue weighted by Gasteiger charge is 2.44. The number of rotatable bonds is 46. The Morgan fingerprint density at radius 3 is 1.80 bits per heavy atom. The van der Waals surface area contributed by atoms with Crippen molar-refractivity contribution in [1.29, 1.82) is 5.41 Å². The number of primary amides is 2. The van der Waals surface area contributed by atoms with Gasteiger partial charge in [0.1, 0.15) is 72.2 Å². The smallest absolute Gasteiger partial charge is 0.245 e. The van der Waals surface area contributed by atoms with Crippen LogP contribution in [0.2, 0.25) is 0 Å². The molecule has 39 nitrogen and oxygen atoms in total. The summed E-state index contributed by atoms with van der Waals surface area (Å²) < 4.78 is 0. The van der Waals surface area contributed by atoms with Gasteiger partial charge >= 0.3 is 0 Å². The number of carbonyl (C=O) groups is 15. The van der Waals surface area contributed by atoms with Crippen LogP contribution in [0, 0.1) is 5.41 Å². The van der Waals surface area contributed by atoms with Gasteiger partial charge in [-0.15, -0.1) is 0 Å². The fourth-order valence-corrected chi connectivity index (χ4v) is 14.6. The number of hydrogen-bond donors (Lipinski definition) is 22. The topological polar surface area (TPSA) is 623 Å². The van der Waals surface area contributed by atoms with Crippen molar-refractivity contribution in [2.75, 3.05) is 45.9 Å². The van der Waals surface area contributed by atoms with E-state index < -0.39 is 226 Å². The van der Waals surface area contributed by atoms with Crippen molar-refractivity contribution in [2.45, 2.75) is 279 Å². The number of aliphatic hydroxyl groups excluding tert-OH is 3. The van der Waals surface area contributed by atoms with E-state index in [0.717, 1.165) is 41.5 Å². The number of amides is 14. The molecule has 0 bridgehead atoms. The minimum Gasteiger partial charge on any atom is -0.394 e. The average Bonchev–Trinajstić information content (AvgIpc) is 1.69. The first-order chi connectivity index (χ1) is 59.1. The molecule has 123 heavy (non-hydrogen) atoms. The lowest BCUT2D eigenvalue weighted by Gasteiger charge is -2.31. The van der Waals surface area contributed by atoms with Crippen molar-refractivity contribution in [3.63, 3.8) is 0 Å². The number of carbonyl (C=O) groups excluding carboxylic acids is 15. The lowest BCUT2D eigenvalue weighted by molar-refractivity contribution is -0.143. The number of Topliss-reactive ketones (excluding diaryl/α,β-unsaturated/α-hetero) is 1. The van der Waals surface area contributed by atoms with Crippen molar-refractivity contribution in [3.05, 3.63) is 90.1 Å². The Morgan fingerprint density at radius 2 is 1.16 bits per heavy atom. The lowest BCUT2D eigenvalue weighted by Crippen LogP contribution is -2.61. The number of nitrogens with zero attached hydrogens (tertiary/aromatic N) is 2. The summed E-state index contributed by atoms with van der Waals surface area (Å²) in [5, 5.41) is 74.7. The summed E-state index contributed by atoms with van der Waals surface area (Å²) >= 11 is 0. The van der Waals surface area contributed by atoms with E-state index >= 15 is 14.4 Å². The molecule has 2 aliphatic rings. The normalized spacial score (nSPS) is 19.7. The van der Waals surface area contributed by atoms with Gasteiger partial charge in [-0.05, 0) is 81.5 Å². The van der Waals surface area contributed by atoms with E-state index in [9.17, 15) is 72.9 Å². The molecule has 2 aliphatic heterocycles. The largest absolute Gasteiger partial charge is 0.394 e. The number of unbranched alkanes of at least 4 members (excludes halogenated alkanes) is 13. The number of H-pyrrole nitrogens is 2. The highest BCUT2D eigenvalue weighted by atomic mass is 16.3. The minimum atomic E-state index is -1.89. The second kappa shape index (κ2) is 54.8. The maximum absolute atomic E-state index is 15.3. The molecule has 4 aromatic rings. The van der Waals surface area contributed by atoms with Crippen molar-refractivity contribution in [1.82, 2.24) is 89.0 Å². The number of para-hydroxylation sites is 1. The first-order valence-electron chi connectivity index (χ1n) is 43.1. The van der Waals surface area contributed by atoms with Gasteiger partial charge in [-0.25, -0.2) is 4.98 Å². The summed E-state index contributed by atoms with van der Waals surface area (Å²) in [5.74, 6) is -13.9. The Labute approximate surface area is 716 Å². The third kappa shape index (κ3) is 36.3. The molecular formula is C84H129N21O18. The average molecular weight is 1720 g/mol. The second-order valence-electron chi connectivity index (χ2n) is 31.5. The molecule has 678 valence electrons. The van der Waals surface area contributed by atoms with Gasteiger partial charge in [0.05, 0.1) is 44.4 Å². The van der Waals surface area contributed by atoms with Gasteiger partial charge in [0.25, 0.3) is 0 Å². The highest BCUT2D eigenvalue weighted by Crippen LogP contribution is 2.24. The molecule has 12 atom stereocenters. The Morgan fingerprint density at radius 1 is 0.585 bits per heavy atom. The van der Waals surface area contributed by atoms with E-state index in [1.807, 2.05) is 18.2 Å². The SMILES string of the molecule is CCCCCCCCCCCCCCCC(=O)NCC(=O)NC(CO)C(=O)N[C@@H](CCC(N)=O)C(=O)N[C@@H](Cc1c[nH]cn1)C(=O)NC(CO)C(=O)N[C@@H](CCCC)C(=O)N[C@H]1CCC(=O)CNCCCC[C@@H](C(N)=O)NC(=O)[C@H](Cc2c[nH]c3ccccc23)NC(=O)[C@H](CCCNC(=N)N)NC(=O)[C@@H](Cc2ccccc2)NC(=O)[C@@H]2C[C@@H](O)CN2C1=O. The monoisotopic (exact) mass is 1720 g/mol. The number of imidazole rings is 1. The van der Waals surface area contributed by atoms with Gasteiger partial charge < -0.3 is 117 Å². The first kappa shape index (κ1) is 100. The molecule has 6 rings (SSSR count). The van der Waals surface area contributed by atoms with E-state index in [4.69, 9.17) is 22.6 Å². The Kier molecular flexibility index (Phi) is 44.7. The minimum absolute atomic E-state index is 0.0229. The maximum atomic E-state index is 15.3.